The number of carbonyl (C=O) groups is 2. The first-order valence-corrected chi connectivity index (χ1v) is 14.8. The highest BCUT2D eigenvalue weighted by Gasteiger charge is 2.49. The molecule has 0 spiro atoms. The molecule has 29 heavy (non-hydrogen) atoms. The van der Waals surface area contributed by atoms with Gasteiger partial charge in [0.15, 0.2) is 0 Å². The lowest BCUT2D eigenvalue weighted by Crippen LogP contribution is -2.60. The topological polar surface area (TPSA) is 55.8 Å². The van der Waals surface area contributed by atoms with Crippen LogP contribution >= 0.6 is 27.7 Å². The third kappa shape index (κ3) is 6.23. The van der Waals surface area contributed by atoms with Crippen LogP contribution in [-0.2, 0) is 20.9 Å². The normalized spacial score (nSPS) is 19.1. The molecule has 1 heterocycles. The summed E-state index contributed by atoms with van der Waals surface area (Å²) in [7, 11) is 0.267. The van der Waals surface area contributed by atoms with Crippen LogP contribution in [0.3, 0.4) is 0 Å². The maximum Gasteiger partial charge on any atom is 0.355 e. The predicted octanol–water partition coefficient (Wildman–Crippen LogP) is 5.09. The molecule has 0 bridgehead atoms. The summed E-state index contributed by atoms with van der Waals surface area (Å²) < 4.78 is 10.6. The summed E-state index contributed by atoms with van der Waals surface area (Å²) in [6.45, 7) is 10.5. The standard InChI is InChI=1S/C21H28BrNO4SSi/c1-14(2)18(21(25)27-13-15-7-9-16(26-3)10-8-15)23-19(24)17(22)20(23)28-11-12-29(4,5)6/h7-12,17,20H,13H2,1-6H3/b12-11+. The van der Waals surface area contributed by atoms with Gasteiger partial charge in [0.1, 0.15) is 28.3 Å². The van der Waals surface area contributed by atoms with E-state index in [2.05, 4.69) is 46.7 Å². The minimum atomic E-state index is -1.33. The van der Waals surface area contributed by atoms with Crippen molar-refractivity contribution in [3.8, 4) is 5.75 Å². The number of carbonyl (C=O) groups excluding carboxylic acids is 2. The molecule has 0 radical (unpaired) electrons. The van der Waals surface area contributed by atoms with Crippen molar-refractivity contribution in [1.82, 2.24) is 4.90 Å². The number of allylic oxidation sites excluding steroid dienone is 1. The minimum Gasteiger partial charge on any atom is -0.497 e. The molecule has 1 aromatic carbocycles. The quantitative estimate of drug-likeness (QED) is 0.164. The first-order valence-electron chi connectivity index (χ1n) is 9.33. The molecule has 5 nitrogen and oxygen atoms in total. The van der Waals surface area contributed by atoms with Gasteiger partial charge in [-0.05, 0) is 42.5 Å². The van der Waals surface area contributed by atoms with Gasteiger partial charge in [-0.25, -0.2) is 4.79 Å². The van der Waals surface area contributed by atoms with Crippen LogP contribution in [0.25, 0.3) is 0 Å². The van der Waals surface area contributed by atoms with Crippen LogP contribution in [-0.4, -0.2) is 42.2 Å². The number of hydrogen-bond acceptors (Lipinski definition) is 5. The highest BCUT2D eigenvalue weighted by molar-refractivity contribution is 9.10. The van der Waals surface area contributed by atoms with Crippen LogP contribution in [0.5, 0.6) is 5.75 Å². The fourth-order valence-electron chi connectivity index (χ4n) is 2.60. The molecule has 1 aliphatic heterocycles. The molecule has 0 N–H and O–H groups in total. The predicted molar refractivity (Wildman–Crippen MR) is 125 cm³/mol. The molecule has 158 valence electrons. The summed E-state index contributed by atoms with van der Waals surface area (Å²) in [5.41, 5.74) is 4.14. The van der Waals surface area contributed by atoms with Crippen molar-refractivity contribution in [3.63, 3.8) is 0 Å². The Kier molecular flexibility index (Phi) is 8.19. The molecule has 1 fully saturated rings. The molecule has 1 saturated heterocycles. The van der Waals surface area contributed by atoms with E-state index in [9.17, 15) is 9.59 Å². The van der Waals surface area contributed by atoms with E-state index in [4.69, 9.17) is 9.47 Å². The zero-order valence-corrected chi connectivity index (χ0v) is 21.1. The molecule has 0 aromatic heterocycles. The number of esters is 1. The Morgan fingerprint density at radius 3 is 2.38 bits per heavy atom. The lowest BCUT2D eigenvalue weighted by molar-refractivity contribution is -0.149. The number of rotatable bonds is 8. The molecule has 1 aliphatic rings. The SMILES string of the molecule is COc1ccc(COC(=O)C(=C(C)C)N2C(=O)C(Br)C2S/C=C/[Si](C)(C)C)cc1. The van der Waals surface area contributed by atoms with Crippen LogP contribution in [0.4, 0.5) is 0 Å². The average Bonchev–Trinajstić information content (AvgIpc) is 2.67. The van der Waals surface area contributed by atoms with Gasteiger partial charge in [-0.1, -0.05) is 53.4 Å². The largest absolute Gasteiger partial charge is 0.497 e. The number of likely N-dealkylation sites (tertiary alicyclic amines) is 1. The van der Waals surface area contributed by atoms with Crippen molar-refractivity contribution in [2.45, 2.75) is 50.3 Å². The van der Waals surface area contributed by atoms with Gasteiger partial charge in [-0.15, -0.1) is 11.8 Å². The summed E-state index contributed by atoms with van der Waals surface area (Å²) in [4.78, 5) is 26.6. The Balaban J connectivity index is 2.10. The molecule has 2 atom stereocenters. The van der Waals surface area contributed by atoms with Crippen LogP contribution in [0.1, 0.15) is 19.4 Å². The van der Waals surface area contributed by atoms with Gasteiger partial charge in [0, 0.05) is 0 Å². The van der Waals surface area contributed by atoms with Gasteiger partial charge in [-0.3, -0.25) is 9.69 Å². The minimum absolute atomic E-state index is 0.124. The van der Waals surface area contributed by atoms with Gasteiger partial charge in [0.2, 0.25) is 5.91 Å². The van der Waals surface area contributed by atoms with Gasteiger partial charge in [0.05, 0.1) is 15.2 Å². The zero-order valence-electron chi connectivity index (χ0n) is 17.7. The fraction of sp³-hybridized carbons (Fsp3) is 0.429. The first kappa shape index (κ1) is 23.8. The Morgan fingerprint density at radius 2 is 1.86 bits per heavy atom. The Hall–Kier alpha value is -1.51. The summed E-state index contributed by atoms with van der Waals surface area (Å²) in [6, 6.07) is 7.32. The number of hydrogen-bond donors (Lipinski definition) is 0. The Bertz CT molecular complexity index is 813. The number of nitrogens with zero attached hydrogens (tertiary/aromatic N) is 1. The summed E-state index contributed by atoms with van der Waals surface area (Å²) in [6.07, 6.45) is 0. The third-order valence-corrected chi connectivity index (χ3v) is 7.91. The average molecular weight is 499 g/mol. The van der Waals surface area contributed by atoms with E-state index >= 15 is 0 Å². The second-order valence-corrected chi connectivity index (χ2v) is 15.2. The monoisotopic (exact) mass is 497 g/mol. The lowest BCUT2D eigenvalue weighted by atomic mass is 10.1. The van der Waals surface area contributed by atoms with Crippen molar-refractivity contribution >= 4 is 47.6 Å². The number of thioether (sulfide) groups is 1. The molecule has 2 rings (SSSR count). The van der Waals surface area contributed by atoms with Crippen molar-refractivity contribution in [3.05, 3.63) is 52.2 Å². The highest BCUT2D eigenvalue weighted by atomic mass is 79.9. The van der Waals surface area contributed by atoms with Crippen molar-refractivity contribution in [1.29, 1.82) is 0 Å². The van der Waals surface area contributed by atoms with E-state index in [-0.39, 0.29) is 22.7 Å². The third-order valence-electron chi connectivity index (χ3n) is 4.20. The second-order valence-electron chi connectivity index (χ2n) is 8.08. The molecule has 1 amide bonds. The molecule has 0 aliphatic carbocycles. The number of methoxy groups -OCH3 is 1. The van der Waals surface area contributed by atoms with Gasteiger partial charge in [0.25, 0.3) is 0 Å². The van der Waals surface area contributed by atoms with Crippen molar-refractivity contribution in [2.75, 3.05) is 7.11 Å². The molecule has 0 saturated carbocycles. The number of alkyl halides is 1. The van der Waals surface area contributed by atoms with Crippen LogP contribution in [0.15, 0.2) is 46.6 Å². The summed E-state index contributed by atoms with van der Waals surface area (Å²) >= 11 is 5.00. The molecule has 8 heteroatoms. The van der Waals surface area contributed by atoms with Gasteiger partial charge in [-0.2, -0.15) is 0 Å². The Labute approximate surface area is 186 Å². The van der Waals surface area contributed by atoms with E-state index in [1.165, 1.54) is 0 Å². The molecular weight excluding hydrogens is 470 g/mol. The zero-order chi connectivity index (χ0) is 21.8. The number of halogens is 1. The van der Waals surface area contributed by atoms with E-state index in [0.717, 1.165) is 16.9 Å². The van der Waals surface area contributed by atoms with Crippen LogP contribution in [0.2, 0.25) is 19.6 Å². The van der Waals surface area contributed by atoms with Crippen LogP contribution < -0.4 is 4.74 Å². The van der Waals surface area contributed by atoms with Crippen molar-refractivity contribution < 1.29 is 19.1 Å². The lowest BCUT2D eigenvalue weighted by Gasteiger charge is -2.44. The van der Waals surface area contributed by atoms with E-state index in [1.807, 2.05) is 38.1 Å². The van der Waals surface area contributed by atoms with E-state index in [0.29, 0.717) is 5.70 Å². The van der Waals surface area contributed by atoms with Gasteiger partial charge >= 0.3 is 5.97 Å². The maximum absolute atomic E-state index is 12.8. The number of amides is 1. The van der Waals surface area contributed by atoms with E-state index < -0.39 is 14.0 Å². The van der Waals surface area contributed by atoms with Crippen LogP contribution in [0, 0.1) is 0 Å². The second kappa shape index (κ2) is 10.00. The Morgan fingerprint density at radius 1 is 1.24 bits per heavy atom. The summed E-state index contributed by atoms with van der Waals surface area (Å²) in [5, 5.41) is 1.88. The first-order chi connectivity index (χ1) is 13.5. The summed E-state index contributed by atoms with van der Waals surface area (Å²) in [5.74, 6) is 0.126. The highest BCUT2D eigenvalue weighted by Crippen LogP contribution is 2.39. The smallest absolute Gasteiger partial charge is 0.355 e. The molecule has 1 aromatic rings. The van der Waals surface area contributed by atoms with Crippen molar-refractivity contribution in [2.24, 2.45) is 0 Å². The number of benzene rings is 1. The van der Waals surface area contributed by atoms with Gasteiger partial charge < -0.3 is 9.47 Å². The van der Waals surface area contributed by atoms with E-state index in [1.54, 1.807) is 23.8 Å². The molecular formula is C21H28BrNO4SSi. The fourth-order valence-corrected chi connectivity index (χ4v) is 6.13. The molecule has 2 unspecified atom stereocenters. The number of ether oxygens (including phenoxy) is 2. The maximum atomic E-state index is 12.8. The number of β-lactam (4-membered cyclic amide) rings is 1.